The van der Waals surface area contributed by atoms with E-state index in [0.29, 0.717) is 32.2 Å². The number of likely N-dealkylation sites (tertiary alicyclic amines) is 1. The van der Waals surface area contributed by atoms with Crippen LogP contribution in [0.25, 0.3) is 0 Å². The van der Waals surface area contributed by atoms with Gasteiger partial charge in [0.05, 0.1) is 12.9 Å². The van der Waals surface area contributed by atoms with Gasteiger partial charge in [-0.05, 0) is 25.7 Å². The highest BCUT2D eigenvalue weighted by atomic mass is 32.2. The fourth-order valence-electron chi connectivity index (χ4n) is 2.81. The first-order valence-electron chi connectivity index (χ1n) is 7.52. The van der Waals surface area contributed by atoms with Crippen molar-refractivity contribution in [2.75, 3.05) is 39.1 Å². The molecule has 0 bridgehead atoms. The quantitative estimate of drug-likeness (QED) is 0.754. The van der Waals surface area contributed by atoms with E-state index in [1.165, 1.54) is 0 Å². The minimum absolute atomic E-state index is 0.0618. The maximum atomic E-state index is 12.3. The SMILES string of the molecule is CS(=O)(=O)NC[C@@H]1CCCCN1C(=O)NC[C@H]1CCOC1. The van der Waals surface area contributed by atoms with Crippen LogP contribution in [0.3, 0.4) is 0 Å². The minimum atomic E-state index is -3.22. The Morgan fingerprint density at radius 3 is 2.76 bits per heavy atom. The Morgan fingerprint density at radius 2 is 2.10 bits per heavy atom. The second-order valence-corrected chi connectivity index (χ2v) is 7.71. The number of nitrogens with one attached hydrogen (secondary N) is 2. The van der Waals surface area contributed by atoms with Crippen LogP contribution in [-0.4, -0.2) is 64.5 Å². The lowest BCUT2D eigenvalue weighted by Gasteiger charge is -2.35. The predicted molar refractivity (Wildman–Crippen MR) is 79.5 cm³/mol. The number of nitrogens with zero attached hydrogens (tertiary/aromatic N) is 1. The van der Waals surface area contributed by atoms with Gasteiger partial charge in [0.15, 0.2) is 0 Å². The molecule has 2 aliphatic rings. The number of carbonyl (C=O) groups is 1. The van der Waals surface area contributed by atoms with Crippen molar-refractivity contribution in [3.8, 4) is 0 Å². The lowest BCUT2D eigenvalue weighted by molar-refractivity contribution is 0.149. The van der Waals surface area contributed by atoms with Crippen molar-refractivity contribution in [1.29, 1.82) is 0 Å². The molecule has 0 unspecified atom stereocenters. The van der Waals surface area contributed by atoms with E-state index in [9.17, 15) is 13.2 Å². The maximum absolute atomic E-state index is 12.3. The number of amides is 2. The molecule has 2 rings (SSSR count). The molecule has 7 nitrogen and oxygen atoms in total. The first-order valence-corrected chi connectivity index (χ1v) is 9.41. The van der Waals surface area contributed by atoms with E-state index in [2.05, 4.69) is 10.0 Å². The van der Waals surface area contributed by atoms with Gasteiger partial charge in [0.2, 0.25) is 10.0 Å². The summed E-state index contributed by atoms with van der Waals surface area (Å²) in [5.74, 6) is 0.395. The summed E-state index contributed by atoms with van der Waals surface area (Å²) in [7, 11) is -3.22. The van der Waals surface area contributed by atoms with Crippen LogP contribution in [0.2, 0.25) is 0 Å². The van der Waals surface area contributed by atoms with Crippen molar-refractivity contribution in [2.45, 2.75) is 31.7 Å². The van der Waals surface area contributed by atoms with E-state index in [0.717, 1.165) is 38.5 Å². The molecule has 0 aromatic carbocycles. The molecule has 0 aromatic rings. The molecule has 2 atom stereocenters. The smallest absolute Gasteiger partial charge is 0.317 e. The molecular weight excluding hydrogens is 294 g/mol. The van der Waals surface area contributed by atoms with Crippen molar-refractivity contribution < 1.29 is 17.9 Å². The van der Waals surface area contributed by atoms with Crippen molar-refractivity contribution in [3.63, 3.8) is 0 Å². The Hall–Kier alpha value is -0.860. The van der Waals surface area contributed by atoms with Crippen molar-refractivity contribution >= 4 is 16.1 Å². The molecule has 2 fully saturated rings. The molecule has 8 heteroatoms. The fraction of sp³-hybridized carbons (Fsp3) is 0.923. The zero-order chi connectivity index (χ0) is 15.3. The molecule has 21 heavy (non-hydrogen) atoms. The predicted octanol–water partition coefficient (Wildman–Crippen LogP) is 0.136. The van der Waals surface area contributed by atoms with Gasteiger partial charge in [-0.2, -0.15) is 0 Å². The monoisotopic (exact) mass is 319 g/mol. The van der Waals surface area contributed by atoms with Gasteiger partial charge in [-0.15, -0.1) is 0 Å². The molecule has 2 N–H and O–H groups in total. The van der Waals surface area contributed by atoms with Crippen LogP contribution < -0.4 is 10.0 Å². The Bertz CT molecular complexity index is 448. The Balaban J connectivity index is 1.83. The first kappa shape index (κ1) is 16.5. The number of ether oxygens (including phenoxy) is 1. The average molecular weight is 319 g/mol. The maximum Gasteiger partial charge on any atom is 0.317 e. The minimum Gasteiger partial charge on any atom is -0.381 e. The van der Waals surface area contributed by atoms with Crippen molar-refractivity contribution in [3.05, 3.63) is 0 Å². The highest BCUT2D eigenvalue weighted by Crippen LogP contribution is 2.17. The van der Waals surface area contributed by atoms with Gasteiger partial charge in [0, 0.05) is 38.2 Å². The second kappa shape index (κ2) is 7.42. The summed E-state index contributed by atoms with van der Waals surface area (Å²) >= 11 is 0. The summed E-state index contributed by atoms with van der Waals surface area (Å²) in [6.07, 6.45) is 4.95. The topological polar surface area (TPSA) is 87.7 Å². The Labute approximate surface area is 126 Å². The molecule has 2 saturated heterocycles. The van der Waals surface area contributed by atoms with Gasteiger partial charge in [-0.1, -0.05) is 0 Å². The number of hydrogen-bond donors (Lipinski definition) is 2. The molecule has 2 heterocycles. The Kier molecular flexibility index (Phi) is 5.83. The van der Waals surface area contributed by atoms with Crippen LogP contribution >= 0.6 is 0 Å². The van der Waals surface area contributed by atoms with E-state index in [1.54, 1.807) is 4.90 Å². The van der Waals surface area contributed by atoms with E-state index in [-0.39, 0.29) is 12.1 Å². The number of sulfonamides is 1. The first-order chi connectivity index (χ1) is 9.96. The molecule has 2 amide bonds. The number of carbonyl (C=O) groups excluding carboxylic acids is 1. The normalized spacial score (nSPS) is 26.8. The Morgan fingerprint density at radius 1 is 1.29 bits per heavy atom. The third-order valence-corrected chi connectivity index (χ3v) is 4.73. The van der Waals surface area contributed by atoms with E-state index >= 15 is 0 Å². The van der Waals surface area contributed by atoms with Gasteiger partial charge < -0.3 is 15.0 Å². The van der Waals surface area contributed by atoms with E-state index in [4.69, 9.17) is 4.74 Å². The van der Waals surface area contributed by atoms with Crippen LogP contribution in [-0.2, 0) is 14.8 Å². The number of urea groups is 1. The molecule has 0 saturated carbocycles. The van der Waals surface area contributed by atoms with Crippen LogP contribution in [0, 0.1) is 5.92 Å². The molecule has 0 aromatic heterocycles. The number of rotatable bonds is 5. The third kappa shape index (κ3) is 5.44. The third-order valence-electron chi connectivity index (χ3n) is 4.04. The molecule has 2 aliphatic heterocycles. The van der Waals surface area contributed by atoms with Gasteiger partial charge in [-0.25, -0.2) is 17.9 Å². The largest absolute Gasteiger partial charge is 0.381 e. The van der Waals surface area contributed by atoms with Crippen LogP contribution in [0.1, 0.15) is 25.7 Å². The highest BCUT2D eigenvalue weighted by molar-refractivity contribution is 7.88. The summed E-state index contributed by atoms with van der Waals surface area (Å²) in [4.78, 5) is 14.0. The van der Waals surface area contributed by atoms with Crippen molar-refractivity contribution in [1.82, 2.24) is 14.9 Å². The van der Waals surface area contributed by atoms with Crippen molar-refractivity contribution in [2.24, 2.45) is 5.92 Å². The fourth-order valence-corrected chi connectivity index (χ4v) is 3.30. The zero-order valence-electron chi connectivity index (χ0n) is 12.5. The standard InChI is InChI=1S/C13H25N3O4S/c1-21(18,19)15-9-12-4-2-3-6-16(12)13(17)14-8-11-5-7-20-10-11/h11-12,15H,2-10H2,1H3,(H,14,17)/t11-,12+/m1/s1. The summed E-state index contributed by atoms with van der Waals surface area (Å²) in [5, 5.41) is 2.95. The lowest BCUT2D eigenvalue weighted by Crippen LogP contribution is -2.53. The average Bonchev–Trinajstić information content (AvgIpc) is 2.95. The van der Waals surface area contributed by atoms with Gasteiger partial charge in [0.1, 0.15) is 0 Å². The van der Waals surface area contributed by atoms with E-state index in [1.807, 2.05) is 0 Å². The summed E-state index contributed by atoms with van der Waals surface area (Å²) in [5.41, 5.74) is 0. The summed E-state index contributed by atoms with van der Waals surface area (Å²) < 4.78 is 30.2. The molecule has 0 spiro atoms. The van der Waals surface area contributed by atoms with E-state index < -0.39 is 10.0 Å². The van der Waals surface area contributed by atoms with Crippen LogP contribution in [0.4, 0.5) is 4.79 Å². The summed E-state index contributed by atoms with van der Waals surface area (Å²) in [6.45, 7) is 3.08. The molecule has 0 aliphatic carbocycles. The molecular formula is C13H25N3O4S. The molecule has 0 radical (unpaired) electrons. The van der Waals surface area contributed by atoms with Crippen LogP contribution in [0.5, 0.6) is 0 Å². The van der Waals surface area contributed by atoms with Gasteiger partial charge in [-0.3, -0.25) is 0 Å². The van der Waals surface area contributed by atoms with Gasteiger partial charge in [0.25, 0.3) is 0 Å². The number of piperidine rings is 1. The van der Waals surface area contributed by atoms with Gasteiger partial charge >= 0.3 is 6.03 Å². The summed E-state index contributed by atoms with van der Waals surface area (Å²) in [6, 6.07) is -0.157. The van der Waals surface area contributed by atoms with Crippen LogP contribution in [0.15, 0.2) is 0 Å². The molecule has 122 valence electrons. The lowest BCUT2D eigenvalue weighted by atomic mass is 10.0. The number of hydrogen-bond acceptors (Lipinski definition) is 4. The highest BCUT2D eigenvalue weighted by Gasteiger charge is 2.27. The zero-order valence-corrected chi connectivity index (χ0v) is 13.3. The second-order valence-electron chi connectivity index (χ2n) is 5.88.